The van der Waals surface area contributed by atoms with E-state index in [4.69, 9.17) is 4.74 Å². The lowest BCUT2D eigenvalue weighted by Gasteiger charge is -2.08. The highest BCUT2D eigenvalue weighted by Crippen LogP contribution is 2.19. The van der Waals surface area contributed by atoms with E-state index in [1.165, 1.54) is 19.1 Å². The van der Waals surface area contributed by atoms with E-state index in [1.807, 2.05) is 0 Å². The highest BCUT2D eigenvalue weighted by atomic mass is 19.3. The Bertz CT molecular complexity index is 891. The number of H-pyrrole nitrogens is 1. The molecule has 2 N–H and O–H groups in total. The first-order chi connectivity index (χ1) is 13.7. The number of halogens is 2. The molecule has 156 valence electrons. The molecule has 0 spiro atoms. The molecule has 1 amide bonds. The van der Waals surface area contributed by atoms with E-state index in [2.05, 4.69) is 15.0 Å². The Labute approximate surface area is 166 Å². The zero-order chi connectivity index (χ0) is 21.6. The van der Waals surface area contributed by atoms with Gasteiger partial charge in [0.05, 0.1) is 0 Å². The number of hydrogen-bond donors (Lipinski definition) is 2. The summed E-state index contributed by atoms with van der Waals surface area (Å²) in [6.45, 7) is 1.66. The zero-order valence-corrected chi connectivity index (χ0v) is 16.3. The Hall–Kier alpha value is -3.23. The summed E-state index contributed by atoms with van der Waals surface area (Å²) in [5.41, 5.74) is 2.45. The van der Waals surface area contributed by atoms with Crippen LogP contribution in [0.25, 0.3) is 0 Å². The van der Waals surface area contributed by atoms with E-state index >= 15 is 0 Å². The molecule has 0 aliphatic rings. The van der Waals surface area contributed by atoms with Gasteiger partial charge < -0.3 is 19.8 Å². The van der Waals surface area contributed by atoms with Crippen LogP contribution in [0.4, 0.5) is 8.78 Å². The number of carbonyl (C=O) groups excluding carboxylic acids is 3. The number of aromatic amines is 1. The van der Waals surface area contributed by atoms with E-state index in [0.29, 0.717) is 23.2 Å². The second-order valence-electron chi connectivity index (χ2n) is 6.38. The number of carbonyl (C=O) groups is 3. The minimum Gasteiger partial charge on any atom is -0.451 e. The zero-order valence-electron chi connectivity index (χ0n) is 16.3. The molecule has 0 unspecified atom stereocenters. The van der Waals surface area contributed by atoms with Gasteiger partial charge in [-0.2, -0.15) is 8.78 Å². The number of benzene rings is 1. The van der Waals surface area contributed by atoms with Crippen LogP contribution < -0.4 is 10.1 Å². The van der Waals surface area contributed by atoms with Crippen molar-refractivity contribution in [2.45, 2.75) is 33.8 Å². The Morgan fingerprint density at radius 2 is 1.79 bits per heavy atom. The molecule has 9 heteroatoms. The molecule has 0 radical (unpaired) electrons. The number of amides is 1. The maximum absolute atomic E-state index is 12.2. The van der Waals surface area contributed by atoms with Crippen LogP contribution in [-0.2, 0) is 16.0 Å². The molecule has 0 saturated heterocycles. The molecule has 1 aromatic carbocycles. The van der Waals surface area contributed by atoms with Crippen LogP contribution in [0.1, 0.15) is 44.6 Å². The largest absolute Gasteiger partial charge is 0.451 e. The number of ether oxygens (including phenoxy) is 2. The number of nitrogens with one attached hydrogen (secondary N) is 2. The Morgan fingerprint density at radius 1 is 1.14 bits per heavy atom. The monoisotopic (exact) mass is 408 g/mol. The molecule has 0 saturated carbocycles. The predicted molar refractivity (Wildman–Crippen MR) is 100 cm³/mol. The fraction of sp³-hybridized carbons (Fsp3) is 0.350. The van der Waals surface area contributed by atoms with Crippen LogP contribution in [-0.4, -0.2) is 42.4 Å². The van der Waals surface area contributed by atoms with E-state index in [9.17, 15) is 23.2 Å². The predicted octanol–water partition coefficient (Wildman–Crippen LogP) is 2.95. The average molecular weight is 408 g/mol. The fourth-order valence-electron chi connectivity index (χ4n) is 2.92. The third-order valence-electron chi connectivity index (χ3n) is 4.21. The summed E-state index contributed by atoms with van der Waals surface area (Å²) in [6, 6.07) is 6.07. The van der Waals surface area contributed by atoms with E-state index in [0.717, 1.165) is 5.56 Å². The van der Waals surface area contributed by atoms with Gasteiger partial charge in [-0.3, -0.25) is 9.59 Å². The van der Waals surface area contributed by atoms with Gasteiger partial charge in [0.15, 0.2) is 12.4 Å². The molecular formula is C20H22F2N2O5. The summed E-state index contributed by atoms with van der Waals surface area (Å²) < 4.78 is 33.5. The smallest absolute Gasteiger partial charge is 0.387 e. The van der Waals surface area contributed by atoms with Crippen LogP contribution in [0.3, 0.4) is 0 Å². The van der Waals surface area contributed by atoms with Crippen LogP contribution in [0.5, 0.6) is 5.75 Å². The topological polar surface area (TPSA) is 97.5 Å². The van der Waals surface area contributed by atoms with Gasteiger partial charge in [-0.25, -0.2) is 4.79 Å². The van der Waals surface area contributed by atoms with E-state index < -0.39 is 25.1 Å². The van der Waals surface area contributed by atoms with E-state index in [1.54, 1.807) is 26.0 Å². The molecule has 1 aromatic heterocycles. The molecule has 1 heterocycles. The number of alkyl halides is 2. The number of aryl methyl sites for hydroxylation is 1. The van der Waals surface area contributed by atoms with Crippen molar-refractivity contribution >= 4 is 17.7 Å². The first-order valence-corrected chi connectivity index (χ1v) is 8.86. The maximum atomic E-state index is 12.2. The average Bonchev–Trinajstić information content (AvgIpc) is 2.95. The maximum Gasteiger partial charge on any atom is 0.387 e. The molecule has 0 aliphatic heterocycles. The van der Waals surface area contributed by atoms with Gasteiger partial charge in [0.1, 0.15) is 11.4 Å². The highest BCUT2D eigenvalue weighted by molar-refractivity contribution is 6.01. The molecule has 2 aromatic rings. The van der Waals surface area contributed by atoms with Gasteiger partial charge >= 0.3 is 12.6 Å². The van der Waals surface area contributed by atoms with Crippen molar-refractivity contribution in [3.8, 4) is 5.75 Å². The van der Waals surface area contributed by atoms with Gasteiger partial charge in [-0.1, -0.05) is 12.1 Å². The number of hydrogen-bond acceptors (Lipinski definition) is 5. The summed E-state index contributed by atoms with van der Waals surface area (Å²) in [5.74, 6) is -1.31. The minimum atomic E-state index is -2.88. The van der Waals surface area contributed by atoms with Crippen molar-refractivity contribution in [2.75, 3.05) is 13.2 Å². The fourth-order valence-corrected chi connectivity index (χ4v) is 2.92. The third-order valence-corrected chi connectivity index (χ3v) is 4.21. The van der Waals surface area contributed by atoms with Crippen LogP contribution >= 0.6 is 0 Å². The lowest BCUT2D eigenvalue weighted by atomic mass is 10.1. The quantitative estimate of drug-likeness (QED) is 0.491. The van der Waals surface area contributed by atoms with Crippen molar-refractivity contribution in [1.82, 2.24) is 10.3 Å². The molecule has 29 heavy (non-hydrogen) atoms. The third kappa shape index (κ3) is 6.13. The van der Waals surface area contributed by atoms with Crippen LogP contribution in [0, 0.1) is 13.8 Å². The van der Waals surface area contributed by atoms with Crippen molar-refractivity contribution in [2.24, 2.45) is 0 Å². The summed E-state index contributed by atoms with van der Waals surface area (Å²) in [6.07, 6.45) is 0.464. The molecule has 0 fully saturated rings. The van der Waals surface area contributed by atoms with Crippen molar-refractivity contribution < 1.29 is 32.6 Å². The summed E-state index contributed by atoms with van der Waals surface area (Å²) in [4.78, 5) is 38.4. The van der Waals surface area contributed by atoms with Crippen LogP contribution in [0.2, 0.25) is 0 Å². The summed E-state index contributed by atoms with van der Waals surface area (Å²) >= 11 is 0. The Kier molecular flexibility index (Phi) is 7.46. The molecule has 0 atom stereocenters. The number of ketones is 1. The Morgan fingerprint density at radius 3 is 2.34 bits per heavy atom. The van der Waals surface area contributed by atoms with Crippen LogP contribution in [0.15, 0.2) is 24.3 Å². The van der Waals surface area contributed by atoms with Crippen molar-refractivity contribution in [1.29, 1.82) is 0 Å². The number of aromatic nitrogens is 1. The number of esters is 1. The van der Waals surface area contributed by atoms with Gasteiger partial charge in [0, 0.05) is 17.8 Å². The van der Waals surface area contributed by atoms with Crippen molar-refractivity contribution in [3.63, 3.8) is 0 Å². The lowest BCUT2D eigenvalue weighted by molar-refractivity contribution is -0.124. The SMILES string of the molecule is CC(=O)c1c(C)[nH]c(C(=O)OCC(=O)NCCc2ccc(OC(F)F)cc2)c1C. The summed E-state index contributed by atoms with van der Waals surface area (Å²) in [5, 5.41) is 2.60. The molecular weight excluding hydrogens is 386 g/mol. The normalized spacial score (nSPS) is 10.7. The van der Waals surface area contributed by atoms with Gasteiger partial charge in [-0.15, -0.1) is 0 Å². The number of Topliss-reactive ketones (excluding diaryl/α,β-unsaturated/α-hetero) is 1. The molecule has 0 bridgehead atoms. The molecule has 0 aliphatic carbocycles. The highest BCUT2D eigenvalue weighted by Gasteiger charge is 2.21. The minimum absolute atomic E-state index is 0.0578. The van der Waals surface area contributed by atoms with Crippen molar-refractivity contribution in [3.05, 3.63) is 52.3 Å². The number of rotatable bonds is 9. The lowest BCUT2D eigenvalue weighted by Crippen LogP contribution is -2.30. The first-order valence-electron chi connectivity index (χ1n) is 8.86. The van der Waals surface area contributed by atoms with Gasteiger partial charge in [0.2, 0.25) is 0 Å². The standard InChI is InChI=1S/C20H22F2N2O5/c1-11-17(13(3)25)12(2)24-18(11)19(27)28-10-16(26)23-9-8-14-4-6-15(7-5-14)29-20(21)22/h4-7,20,24H,8-10H2,1-3H3,(H,23,26). The molecule has 2 rings (SSSR count). The van der Waals surface area contributed by atoms with E-state index in [-0.39, 0.29) is 23.8 Å². The van der Waals surface area contributed by atoms with Gasteiger partial charge in [0.25, 0.3) is 5.91 Å². The van der Waals surface area contributed by atoms with Gasteiger partial charge in [-0.05, 0) is 50.5 Å². The second kappa shape index (κ2) is 9.81. The second-order valence-corrected chi connectivity index (χ2v) is 6.38. The first kappa shape index (κ1) is 22.1. The summed E-state index contributed by atoms with van der Waals surface area (Å²) in [7, 11) is 0. The molecule has 7 nitrogen and oxygen atoms in total. The Balaban J connectivity index is 1.78.